The Kier molecular flexibility index (Phi) is 5.58. The van der Waals surface area contributed by atoms with Crippen molar-refractivity contribution in [2.75, 3.05) is 0 Å². The molecule has 2 aliphatic rings. The molecule has 0 N–H and O–H groups in total. The topological polar surface area (TPSA) is 63.7 Å². The minimum absolute atomic E-state index is 0.153. The summed E-state index contributed by atoms with van der Waals surface area (Å²) in [4.78, 5) is 0. The van der Waals surface area contributed by atoms with Gasteiger partial charge in [-0.2, -0.15) is 5.26 Å². The fourth-order valence-electron chi connectivity index (χ4n) is 4.86. The smallest absolute Gasteiger partial charge is 0.192 e. The zero-order valence-electron chi connectivity index (χ0n) is 16.2. The van der Waals surface area contributed by atoms with Gasteiger partial charge in [-0.1, -0.05) is 30.3 Å². The van der Waals surface area contributed by atoms with E-state index in [0.29, 0.717) is 11.7 Å². The van der Waals surface area contributed by atoms with Gasteiger partial charge in [0.05, 0.1) is 11.3 Å². The van der Waals surface area contributed by atoms with Gasteiger partial charge in [-0.05, 0) is 63.0 Å². The summed E-state index contributed by atoms with van der Waals surface area (Å²) in [6.45, 7) is 4.24. The summed E-state index contributed by atoms with van der Waals surface area (Å²) in [7, 11) is 0. The molecule has 5 nitrogen and oxygen atoms in total. The Morgan fingerprint density at radius 3 is 2.79 bits per heavy atom. The second kappa shape index (κ2) is 8.12. The van der Waals surface area contributed by atoms with E-state index in [2.05, 4.69) is 27.8 Å². The third-order valence-corrected chi connectivity index (χ3v) is 7.16. The van der Waals surface area contributed by atoms with Crippen LogP contribution in [0.4, 0.5) is 4.39 Å². The van der Waals surface area contributed by atoms with Crippen molar-refractivity contribution in [1.29, 1.82) is 5.26 Å². The number of fused-ring (bicyclic) bond motifs is 2. The van der Waals surface area contributed by atoms with Crippen molar-refractivity contribution < 1.29 is 9.13 Å². The van der Waals surface area contributed by atoms with E-state index in [4.69, 9.17) is 4.74 Å². The largest absolute Gasteiger partial charge is 0.483 e. The van der Waals surface area contributed by atoms with Gasteiger partial charge >= 0.3 is 0 Å². The molecule has 5 unspecified atom stereocenters. The first-order valence-corrected chi connectivity index (χ1v) is 10.8. The van der Waals surface area contributed by atoms with E-state index < -0.39 is 0 Å². The molecule has 2 fully saturated rings. The maximum Gasteiger partial charge on any atom is 0.192 e. The predicted octanol–water partition coefficient (Wildman–Crippen LogP) is 5.00. The Morgan fingerprint density at radius 2 is 2.11 bits per heavy atom. The van der Waals surface area contributed by atoms with Crippen LogP contribution in [0, 0.1) is 34.9 Å². The Bertz CT molecular complexity index is 880. The van der Waals surface area contributed by atoms with Crippen molar-refractivity contribution in [2.24, 2.45) is 17.8 Å². The maximum absolute atomic E-state index is 13.9. The zero-order valence-corrected chi connectivity index (χ0v) is 17.0. The van der Waals surface area contributed by atoms with Crippen molar-refractivity contribution >= 4 is 11.8 Å². The summed E-state index contributed by atoms with van der Waals surface area (Å²) >= 11 is 1.42. The van der Waals surface area contributed by atoms with E-state index in [9.17, 15) is 9.65 Å². The lowest BCUT2D eigenvalue weighted by Gasteiger charge is -2.30. The van der Waals surface area contributed by atoms with Crippen LogP contribution in [0.3, 0.4) is 0 Å². The molecule has 2 aliphatic carbocycles. The monoisotopic (exact) mass is 400 g/mol. The molecule has 0 aliphatic heterocycles. The van der Waals surface area contributed by atoms with E-state index in [-0.39, 0.29) is 29.5 Å². The summed E-state index contributed by atoms with van der Waals surface area (Å²) in [6.07, 6.45) is 5.23. The number of hydrogen-bond donors (Lipinski definition) is 0. The number of aromatic nitrogens is 3. The normalized spacial score (nSPS) is 25.4. The first kappa shape index (κ1) is 19.3. The molecule has 28 heavy (non-hydrogen) atoms. The summed E-state index contributed by atoms with van der Waals surface area (Å²) in [6, 6.07) is 8.87. The molecule has 4 rings (SSSR count). The summed E-state index contributed by atoms with van der Waals surface area (Å²) in [5.41, 5.74) is 0. The number of nitrogens with zero attached hydrogens (tertiary/aromatic N) is 4. The number of thioether (sulfide) groups is 1. The second-order valence-electron chi connectivity index (χ2n) is 7.96. The van der Waals surface area contributed by atoms with Gasteiger partial charge in [0.2, 0.25) is 0 Å². The lowest BCUT2D eigenvalue weighted by atomic mass is 9.84. The Balaban J connectivity index is 1.59. The molecular formula is C21H25FN4OS. The first-order valence-electron chi connectivity index (χ1n) is 9.94. The lowest BCUT2D eigenvalue weighted by Crippen LogP contribution is -2.24. The molecule has 5 atom stereocenters. The molecule has 148 valence electrons. The third kappa shape index (κ3) is 3.75. The van der Waals surface area contributed by atoms with Gasteiger partial charge in [-0.25, -0.2) is 4.39 Å². The van der Waals surface area contributed by atoms with E-state index in [1.165, 1.54) is 43.5 Å². The average Bonchev–Trinajstić information content (AvgIpc) is 3.42. The van der Waals surface area contributed by atoms with Crippen LogP contribution in [-0.2, 0) is 6.61 Å². The standard InChI is InChI=1S/C21H25FN4OS/c1-13(11-23)28-21-25-24-20(12-27-19-6-4-3-5-18(19)22)26(21)14(2)17-10-15-7-8-16(17)9-15/h3-6,13-17H,7-10,12H2,1-2H3. The van der Waals surface area contributed by atoms with Gasteiger partial charge in [0.1, 0.15) is 6.61 Å². The van der Waals surface area contributed by atoms with Gasteiger partial charge in [-0.3, -0.25) is 4.57 Å². The highest BCUT2D eigenvalue weighted by molar-refractivity contribution is 8.00. The Labute approximate surface area is 169 Å². The Hall–Kier alpha value is -2.07. The van der Waals surface area contributed by atoms with Gasteiger partial charge in [-0.15, -0.1) is 10.2 Å². The van der Waals surface area contributed by atoms with Crippen LogP contribution in [-0.4, -0.2) is 20.0 Å². The molecule has 2 aromatic rings. The molecule has 2 bridgehead atoms. The Morgan fingerprint density at radius 1 is 1.29 bits per heavy atom. The van der Waals surface area contributed by atoms with Crippen LogP contribution < -0.4 is 4.74 Å². The predicted molar refractivity (Wildman–Crippen MR) is 105 cm³/mol. The number of benzene rings is 1. The summed E-state index contributed by atoms with van der Waals surface area (Å²) < 4.78 is 21.8. The molecule has 1 aromatic heterocycles. The van der Waals surface area contributed by atoms with Gasteiger partial charge in [0.25, 0.3) is 0 Å². The van der Waals surface area contributed by atoms with Gasteiger partial charge in [0, 0.05) is 6.04 Å². The van der Waals surface area contributed by atoms with Gasteiger partial charge < -0.3 is 4.74 Å². The summed E-state index contributed by atoms with van der Waals surface area (Å²) in [5, 5.41) is 18.4. The molecule has 1 aromatic carbocycles. The SMILES string of the molecule is CC(C#N)Sc1nnc(COc2ccccc2F)n1C(C)C1CC2CCC1C2. The minimum Gasteiger partial charge on any atom is -0.483 e. The van der Waals surface area contributed by atoms with E-state index in [0.717, 1.165) is 17.0 Å². The molecule has 2 saturated carbocycles. The fraction of sp³-hybridized carbons (Fsp3) is 0.571. The minimum atomic E-state index is -0.387. The molecule has 1 heterocycles. The fourth-order valence-corrected chi connectivity index (χ4v) is 5.70. The van der Waals surface area contributed by atoms with Crippen molar-refractivity contribution in [3.8, 4) is 11.8 Å². The third-order valence-electron chi connectivity index (χ3n) is 6.21. The van der Waals surface area contributed by atoms with Crippen molar-refractivity contribution in [2.45, 2.75) is 62.6 Å². The number of halogens is 1. The van der Waals surface area contributed by atoms with Crippen LogP contribution in [0.25, 0.3) is 0 Å². The zero-order chi connectivity index (χ0) is 19.7. The molecule has 0 radical (unpaired) electrons. The first-order chi connectivity index (χ1) is 13.6. The lowest BCUT2D eigenvalue weighted by molar-refractivity contribution is 0.215. The number of rotatable bonds is 7. The number of para-hydroxylation sites is 1. The molecule has 0 spiro atoms. The van der Waals surface area contributed by atoms with Crippen LogP contribution >= 0.6 is 11.8 Å². The van der Waals surface area contributed by atoms with Crippen molar-refractivity contribution in [1.82, 2.24) is 14.8 Å². The van der Waals surface area contributed by atoms with E-state index in [1.54, 1.807) is 18.2 Å². The number of hydrogen-bond acceptors (Lipinski definition) is 5. The molecule has 0 saturated heterocycles. The van der Waals surface area contributed by atoms with E-state index >= 15 is 0 Å². The highest BCUT2D eigenvalue weighted by Gasteiger charge is 2.43. The van der Waals surface area contributed by atoms with E-state index in [1.807, 2.05) is 6.92 Å². The van der Waals surface area contributed by atoms with Crippen molar-refractivity contribution in [3.05, 3.63) is 35.9 Å². The second-order valence-corrected chi connectivity index (χ2v) is 9.26. The van der Waals surface area contributed by atoms with Crippen LogP contribution in [0.5, 0.6) is 5.75 Å². The van der Waals surface area contributed by atoms with Crippen molar-refractivity contribution in [3.63, 3.8) is 0 Å². The van der Waals surface area contributed by atoms with Crippen LogP contribution in [0.1, 0.15) is 51.4 Å². The van der Waals surface area contributed by atoms with Crippen LogP contribution in [0.15, 0.2) is 29.4 Å². The number of ether oxygens (including phenoxy) is 1. The molecular weight excluding hydrogens is 375 g/mol. The number of nitriles is 1. The average molecular weight is 401 g/mol. The molecule has 0 amide bonds. The van der Waals surface area contributed by atoms with Crippen LogP contribution in [0.2, 0.25) is 0 Å². The van der Waals surface area contributed by atoms with Gasteiger partial charge in [0.15, 0.2) is 22.5 Å². The summed E-state index contributed by atoms with van der Waals surface area (Å²) in [5.74, 6) is 2.71. The quantitative estimate of drug-likeness (QED) is 0.612. The maximum atomic E-state index is 13.9. The highest BCUT2D eigenvalue weighted by atomic mass is 32.2. The highest BCUT2D eigenvalue weighted by Crippen LogP contribution is 2.52. The molecule has 7 heteroatoms.